The van der Waals surface area contributed by atoms with E-state index in [1.165, 1.54) is 4.90 Å². The number of aliphatic carboxylic acids is 1. The lowest BCUT2D eigenvalue weighted by Crippen LogP contribution is -2.42. The second-order valence-electron chi connectivity index (χ2n) is 4.99. The van der Waals surface area contributed by atoms with Gasteiger partial charge in [-0.15, -0.1) is 0 Å². The number of nitrogens with one attached hydrogen (secondary N) is 1. The average molecular weight is 313 g/mol. The molecule has 0 radical (unpaired) electrons. The van der Waals surface area contributed by atoms with Crippen LogP contribution in [0.25, 0.3) is 0 Å². The smallest absolute Gasteiger partial charge is 0.323 e. The Bertz CT molecular complexity index is 494. The maximum atomic E-state index is 12.0. The Labute approximate surface area is 129 Å². The van der Waals surface area contributed by atoms with E-state index in [-0.39, 0.29) is 25.0 Å². The van der Waals surface area contributed by atoms with Gasteiger partial charge in [-0.1, -0.05) is 31.0 Å². The van der Waals surface area contributed by atoms with Gasteiger partial charge in [0.15, 0.2) is 0 Å². The van der Waals surface area contributed by atoms with Crippen molar-refractivity contribution in [2.45, 2.75) is 32.7 Å². The van der Waals surface area contributed by atoms with Crippen LogP contribution < -0.4 is 10.2 Å². The van der Waals surface area contributed by atoms with E-state index in [0.29, 0.717) is 10.7 Å². The largest absolute Gasteiger partial charge is 0.480 e. The number of carboxylic acid groups (broad SMARTS) is 1. The number of hydrogen-bond donors (Lipinski definition) is 2. The number of carbonyl (C=O) groups is 2. The molecule has 0 fully saturated rings. The molecule has 1 rings (SSSR count). The average Bonchev–Trinajstić information content (AvgIpc) is 2.37. The highest BCUT2D eigenvalue weighted by Crippen LogP contribution is 2.19. The molecule has 1 aromatic carbocycles. The van der Waals surface area contributed by atoms with E-state index in [1.807, 2.05) is 13.8 Å². The third-order valence-electron chi connectivity index (χ3n) is 2.96. The van der Waals surface area contributed by atoms with E-state index < -0.39 is 5.97 Å². The molecule has 0 spiro atoms. The number of benzene rings is 1. The molecule has 1 unspecified atom stereocenters. The van der Waals surface area contributed by atoms with E-state index in [4.69, 9.17) is 16.7 Å². The minimum atomic E-state index is -0.996. The van der Waals surface area contributed by atoms with E-state index in [0.717, 1.165) is 12.8 Å². The first-order chi connectivity index (χ1) is 9.92. The fourth-order valence-electron chi connectivity index (χ4n) is 2.07. The summed E-state index contributed by atoms with van der Waals surface area (Å²) < 4.78 is 0. The molecule has 0 aromatic heterocycles. The molecule has 116 valence electrons. The van der Waals surface area contributed by atoms with Crippen LogP contribution in [0.4, 0.5) is 5.69 Å². The molecule has 21 heavy (non-hydrogen) atoms. The summed E-state index contributed by atoms with van der Waals surface area (Å²) in [6, 6.07) is 6.89. The van der Waals surface area contributed by atoms with E-state index in [1.54, 1.807) is 24.3 Å². The van der Waals surface area contributed by atoms with E-state index in [2.05, 4.69) is 5.32 Å². The molecule has 0 saturated heterocycles. The number of carbonyl (C=O) groups excluding carboxylic acids is 1. The molecule has 0 aliphatic carbocycles. The van der Waals surface area contributed by atoms with E-state index >= 15 is 0 Å². The number of carboxylic acids is 1. The van der Waals surface area contributed by atoms with Crippen molar-refractivity contribution < 1.29 is 14.7 Å². The number of halogens is 1. The summed E-state index contributed by atoms with van der Waals surface area (Å²) in [7, 11) is 0. The van der Waals surface area contributed by atoms with Gasteiger partial charge in [0.05, 0.1) is 6.54 Å². The van der Waals surface area contributed by atoms with Crippen LogP contribution in [0.2, 0.25) is 5.02 Å². The summed E-state index contributed by atoms with van der Waals surface area (Å²) in [6.07, 6.45) is 1.87. The molecule has 0 heterocycles. The molecule has 1 aromatic rings. The van der Waals surface area contributed by atoms with Gasteiger partial charge in [-0.05, 0) is 31.5 Å². The molecule has 2 N–H and O–H groups in total. The Morgan fingerprint density at radius 2 is 2.10 bits per heavy atom. The van der Waals surface area contributed by atoms with Gasteiger partial charge in [-0.2, -0.15) is 0 Å². The van der Waals surface area contributed by atoms with Crippen LogP contribution in [0, 0.1) is 0 Å². The normalized spacial score (nSPS) is 11.8. The third kappa shape index (κ3) is 6.49. The third-order valence-corrected chi connectivity index (χ3v) is 3.20. The molecule has 0 bridgehead atoms. The van der Waals surface area contributed by atoms with Crippen molar-refractivity contribution in [2.75, 3.05) is 18.0 Å². The monoisotopic (exact) mass is 312 g/mol. The van der Waals surface area contributed by atoms with Crippen molar-refractivity contribution >= 4 is 29.2 Å². The molecule has 0 saturated carbocycles. The fraction of sp³-hybridized carbons (Fsp3) is 0.467. The highest BCUT2D eigenvalue weighted by molar-refractivity contribution is 6.30. The summed E-state index contributed by atoms with van der Waals surface area (Å²) in [5, 5.41) is 12.4. The summed E-state index contributed by atoms with van der Waals surface area (Å²) in [5.74, 6) is -1.19. The summed E-state index contributed by atoms with van der Waals surface area (Å²) in [4.78, 5) is 24.5. The first kappa shape index (κ1) is 17.3. The Morgan fingerprint density at radius 3 is 2.67 bits per heavy atom. The van der Waals surface area contributed by atoms with Crippen LogP contribution >= 0.6 is 11.6 Å². The molecule has 5 nitrogen and oxygen atoms in total. The van der Waals surface area contributed by atoms with Crippen LogP contribution in [0.5, 0.6) is 0 Å². The van der Waals surface area contributed by atoms with Crippen molar-refractivity contribution in [2.24, 2.45) is 0 Å². The minimum absolute atomic E-state index is 0.0132. The zero-order valence-electron chi connectivity index (χ0n) is 12.3. The first-order valence-corrected chi connectivity index (χ1v) is 7.31. The SMILES string of the molecule is CCCC(C)NC(=O)CN(CC(=O)O)c1cccc(Cl)c1. The Balaban J connectivity index is 2.74. The molecule has 6 heteroatoms. The van der Waals surface area contributed by atoms with Crippen LogP contribution in [-0.4, -0.2) is 36.1 Å². The Hall–Kier alpha value is -1.75. The van der Waals surface area contributed by atoms with Gasteiger partial charge in [0.2, 0.25) is 5.91 Å². The number of rotatable bonds is 8. The minimum Gasteiger partial charge on any atom is -0.480 e. The number of amides is 1. The topological polar surface area (TPSA) is 69.6 Å². The van der Waals surface area contributed by atoms with Gasteiger partial charge in [0, 0.05) is 16.8 Å². The number of nitrogens with zero attached hydrogens (tertiary/aromatic N) is 1. The standard InChI is InChI=1S/C15H21ClN2O3/c1-3-5-11(2)17-14(19)9-18(10-15(20)21)13-7-4-6-12(16)8-13/h4,6-8,11H,3,5,9-10H2,1-2H3,(H,17,19)(H,20,21). The first-order valence-electron chi connectivity index (χ1n) is 6.94. The highest BCUT2D eigenvalue weighted by atomic mass is 35.5. The van der Waals surface area contributed by atoms with Crippen molar-refractivity contribution in [3.8, 4) is 0 Å². The lowest BCUT2D eigenvalue weighted by molar-refractivity contribution is -0.135. The van der Waals surface area contributed by atoms with Crippen molar-refractivity contribution in [3.63, 3.8) is 0 Å². The Kier molecular flexibility index (Phi) is 7.02. The predicted octanol–water partition coefficient (Wildman–Crippen LogP) is 2.54. The quantitative estimate of drug-likeness (QED) is 0.774. The van der Waals surface area contributed by atoms with Crippen molar-refractivity contribution in [1.29, 1.82) is 0 Å². The zero-order chi connectivity index (χ0) is 15.8. The van der Waals surface area contributed by atoms with Crippen LogP contribution in [0.1, 0.15) is 26.7 Å². The predicted molar refractivity (Wildman–Crippen MR) is 83.8 cm³/mol. The summed E-state index contributed by atoms with van der Waals surface area (Å²) in [6.45, 7) is 3.71. The zero-order valence-corrected chi connectivity index (χ0v) is 13.1. The van der Waals surface area contributed by atoms with Gasteiger partial charge in [0.1, 0.15) is 6.54 Å². The molecule has 0 aliphatic heterocycles. The summed E-state index contributed by atoms with van der Waals surface area (Å²) >= 11 is 5.91. The molecule has 0 aliphatic rings. The van der Waals surface area contributed by atoms with Gasteiger partial charge < -0.3 is 15.3 Å². The van der Waals surface area contributed by atoms with Gasteiger partial charge in [0.25, 0.3) is 0 Å². The molecule has 1 amide bonds. The van der Waals surface area contributed by atoms with Gasteiger partial charge in [-0.3, -0.25) is 9.59 Å². The second-order valence-corrected chi connectivity index (χ2v) is 5.42. The van der Waals surface area contributed by atoms with Crippen molar-refractivity contribution in [1.82, 2.24) is 5.32 Å². The second kappa shape index (κ2) is 8.52. The lowest BCUT2D eigenvalue weighted by atomic mass is 10.2. The molecular weight excluding hydrogens is 292 g/mol. The van der Waals surface area contributed by atoms with Gasteiger partial charge >= 0.3 is 5.97 Å². The van der Waals surface area contributed by atoms with Crippen LogP contribution in [0.3, 0.4) is 0 Å². The van der Waals surface area contributed by atoms with Crippen molar-refractivity contribution in [3.05, 3.63) is 29.3 Å². The highest BCUT2D eigenvalue weighted by Gasteiger charge is 2.16. The molecular formula is C15H21ClN2O3. The van der Waals surface area contributed by atoms with Crippen LogP contribution in [-0.2, 0) is 9.59 Å². The van der Waals surface area contributed by atoms with Crippen LogP contribution in [0.15, 0.2) is 24.3 Å². The Morgan fingerprint density at radius 1 is 1.38 bits per heavy atom. The lowest BCUT2D eigenvalue weighted by Gasteiger charge is -2.23. The summed E-state index contributed by atoms with van der Waals surface area (Å²) in [5.41, 5.74) is 0.614. The number of hydrogen-bond acceptors (Lipinski definition) is 3. The van der Waals surface area contributed by atoms with Gasteiger partial charge in [-0.25, -0.2) is 0 Å². The maximum Gasteiger partial charge on any atom is 0.323 e. The molecule has 1 atom stereocenters. The van der Waals surface area contributed by atoms with E-state index in [9.17, 15) is 9.59 Å². The number of anilines is 1. The fourth-order valence-corrected chi connectivity index (χ4v) is 2.26. The maximum absolute atomic E-state index is 12.0.